The van der Waals surface area contributed by atoms with E-state index in [-0.39, 0.29) is 5.41 Å². The Labute approximate surface area is 87.7 Å². The summed E-state index contributed by atoms with van der Waals surface area (Å²) in [6, 6.07) is 0.770. The van der Waals surface area contributed by atoms with E-state index in [0.717, 1.165) is 19.0 Å². The first-order chi connectivity index (χ1) is 6.59. The number of ether oxygens (including phenoxy) is 1. The van der Waals surface area contributed by atoms with Crippen LogP contribution in [0.5, 0.6) is 0 Å². The van der Waals surface area contributed by atoms with Crippen molar-refractivity contribution in [2.24, 2.45) is 5.41 Å². The molecule has 82 valence electrons. The fraction of sp³-hybridized carbons (Fsp3) is 0.833. The fourth-order valence-electron chi connectivity index (χ4n) is 1.63. The third kappa shape index (κ3) is 3.81. The normalized spacial score (nSPS) is 22.8. The molecule has 2 unspecified atom stereocenters. The van der Waals surface area contributed by atoms with E-state index in [0.29, 0.717) is 6.10 Å². The molecule has 1 aliphatic carbocycles. The summed E-state index contributed by atoms with van der Waals surface area (Å²) in [4.78, 5) is 0. The molecule has 0 aromatic carbocycles. The van der Waals surface area contributed by atoms with Gasteiger partial charge in [0.05, 0.1) is 6.10 Å². The summed E-state index contributed by atoms with van der Waals surface area (Å²) >= 11 is 0. The lowest BCUT2D eigenvalue weighted by atomic mass is 9.84. The minimum Gasteiger partial charge on any atom is -0.382 e. The van der Waals surface area contributed by atoms with E-state index < -0.39 is 0 Å². The topological polar surface area (TPSA) is 21.3 Å². The Balaban J connectivity index is 2.33. The highest BCUT2D eigenvalue weighted by Gasteiger charge is 2.27. The first-order valence-electron chi connectivity index (χ1n) is 5.49. The molecule has 0 amide bonds. The molecule has 0 heterocycles. The standard InChI is InChI=1S/C12H23NO/c1-5-12(3,8-10(2)14-4)9-13-11-6-7-11/h5,10-11,13H,1,6-9H2,2-4H3. The maximum Gasteiger partial charge on any atom is 0.0551 e. The van der Waals surface area contributed by atoms with E-state index in [1.54, 1.807) is 7.11 Å². The van der Waals surface area contributed by atoms with E-state index in [1.807, 2.05) is 0 Å². The van der Waals surface area contributed by atoms with Gasteiger partial charge in [0, 0.05) is 25.1 Å². The predicted octanol–water partition coefficient (Wildman–Crippen LogP) is 2.36. The zero-order valence-corrected chi connectivity index (χ0v) is 9.68. The molecular weight excluding hydrogens is 174 g/mol. The van der Waals surface area contributed by atoms with Crippen molar-refractivity contribution in [2.75, 3.05) is 13.7 Å². The molecule has 1 aliphatic rings. The average molecular weight is 197 g/mol. The summed E-state index contributed by atoms with van der Waals surface area (Å²) in [5.41, 5.74) is 0.165. The highest BCUT2D eigenvalue weighted by molar-refractivity contribution is 4.96. The van der Waals surface area contributed by atoms with E-state index in [9.17, 15) is 0 Å². The molecule has 0 aliphatic heterocycles. The molecule has 2 heteroatoms. The van der Waals surface area contributed by atoms with Crippen LogP contribution >= 0.6 is 0 Å². The van der Waals surface area contributed by atoms with Crippen LogP contribution in [0.15, 0.2) is 12.7 Å². The first kappa shape index (κ1) is 11.7. The quantitative estimate of drug-likeness (QED) is 0.633. The number of rotatable bonds is 7. The van der Waals surface area contributed by atoms with Crippen molar-refractivity contribution in [3.63, 3.8) is 0 Å². The summed E-state index contributed by atoms with van der Waals surface area (Å²) in [6.07, 6.45) is 6.07. The molecule has 14 heavy (non-hydrogen) atoms. The zero-order valence-electron chi connectivity index (χ0n) is 9.68. The third-order valence-corrected chi connectivity index (χ3v) is 3.02. The summed E-state index contributed by atoms with van der Waals surface area (Å²) in [7, 11) is 1.77. The van der Waals surface area contributed by atoms with Crippen LogP contribution < -0.4 is 5.32 Å². The van der Waals surface area contributed by atoms with Crippen molar-refractivity contribution in [3.8, 4) is 0 Å². The van der Waals surface area contributed by atoms with Crippen molar-refractivity contribution in [1.29, 1.82) is 0 Å². The number of nitrogens with one attached hydrogen (secondary N) is 1. The molecule has 0 aromatic heterocycles. The van der Waals surface area contributed by atoms with E-state index in [2.05, 4.69) is 31.8 Å². The Hall–Kier alpha value is -0.340. The molecule has 1 rings (SSSR count). The van der Waals surface area contributed by atoms with Crippen molar-refractivity contribution in [2.45, 2.75) is 45.3 Å². The van der Waals surface area contributed by atoms with Crippen molar-refractivity contribution >= 4 is 0 Å². The number of methoxy groups -OCH3 is 1. The monoisotopic (exact) mass is 197 g/mol. The molecule has 0 spiro atoms. The van der Waals surface area contributed by atoms with Gasteiger partial charge >= 0.3 is 0 Å². The molecule has 1 fully saturated rings. The smallest absolute Gasteiger partial charge is 0.0551 e. The second-order valence-corrected chi connectivity index (χ2v) is 4.76. The molecule has 1 saturated carbocycles. The lowest BCUT2D eigenvalue weighted by Crippen LogP contribution is -2.34. The first-order valence-corrected chi connectivity index (χ1v) is 5.49. The van der Waals surface area contributed by atoms with Gasteiger partial charge in [0.1, 0.15) is 0 Å². The molecule has 0 radical (unpaired) electrons. The second kappa shape index (κ2) is 4.94. The molecule has 2 nitrogen and oxygen atoms in total. The maximum absolute atomic E-state index is 5.29. The maximum atomic E-state index is 5.29. The number of hydrogen-bond acceptors (Lipinski definition) is 2. The third-order valence-electron chi connectivity index (χ3n) is 3.02. The van der Waals surface area contributed by atoms with Crippen molar-refractivity contribution in [1.82, 2.24) is 5.32 Å². The van der Waals surface area contributed by atoms with Crippen LogP contribution in [0.4, 0.5) is 0 Å². The zero-order chi connectivity index (χ0) is 10.6. The van der Waals surface area contributed by atoms with Crippen LogP contribution in [0.3, 0.4) is 0 Å². The van der Waals surface area contributed by atoms with Gasteiger partial charge in [-0.15, -0.1) is 6.58 Å². The molecule has 0 saturated heterocycles. The largest absolute Gasteiger partial charge is 0.382 e. The van der Waals surface area contributed by atoms with Crippen LogP contribution in [0.1, 0.15) is 33.1 Å². The Morgan fingerprint density at radius 1 is 1.64 bits per heavy atom. The highest BCUT2D eigenvalue weighted by atomic mass is 16.5. The Morgan fingerprint density at radius 3 is 2.71 bits per heavy atom. The van der Waals surface area contributed by atoms with Crippen LogP contribution in [-0.2, 0) is 4.74 Å². The molecule has 2 atom stereocenters. The molecule has 0 bridgehead atoms. The summed E-state index contributed by atoms with van der Waals surface area (Å²) in [5, 5.41) is 3.55. The van der Waals surface area contributed by atoms with Crippen LogP contribution in [0.2, 0.25) is 0 Å². The van der Waals surface area contributed by atoms with Gasteiger partial charge in [0.25, 0.3) is 0 Å². The van der Waals surface area contributed by atoms with Gasteiger partial charge in [-0.25, -0.2) is 0 Å². The molecule has 1 N–H and O–H groups in total. The molecular formula is C12H23NO. The van der Waals surface area contributed by atoms with Crippen LogP contribution in [0.25, 0.3) is 0 Å². The minimum absolute atomic E-state index is 0.165. The second-order valence-electron chi connectivity index (χ2n) is 4.76. The molecule has 0 aromatic rings. The SMILES string of the molecule is C=CC(C)(CNC1CC1)CC(C)OC. The van der Waals surface area contributed by atoms with E-state index in [1.165, 1.54) is 12.8 Å². The minimum atomic E-state index is 0.165. The van der Waals surface area contributed by atoms with Gasteiger partial charge in [0.15, 0.2) is 0 Å². The summed E-state index contributed by atoms with van der Waals surface area (Å²) in [5.74, 6) is 0. The number of hydrogen-bond donors (Lipinski definition) is 1. The fourth-order valence-corrected chi connectivity index (χ4v) is 1.63. The van der Waals surface area contributed by atoms with Gasteiger partial charge in [-0.3, -0.25) is 0 Å². The summed E-state index contributed by atoms with van der Waals surface area (Å²) in [6.45, 7) is 9.30. The Morgan fingerprint density at radius 2 is 2.29 bits per heavy atom. The average Bonchev–Trinajstić information content (AvgIpc) is 2.98. The van der Waals surface area contributed by atoms with Crippen LogP contribution in [-0.4, -0.2) is 25.8 Å². The van der Waals surface area contributed by atoms with Gasteiger partial charge in [0.2, 0.25) is 0 Å². The van der Waals surface area contributed by atoms with E-state index in [4.69, 9.17) is 4.74 Å². The van der Waals surface area contributed by atoms with Crippen molar-refractivity contribution < 1.29 is 4.74 Å². The van der Waals surface area contributed by atoms with Crippen LogP contribution in [0, 0.1) is 5.41 Å². The van der Waals surface area contributed by atoms with Gasteiger partial charge in [-0.1, -0.05) is 13.0 Å². The van der Waals surface area contributed by atoms with Gasteiger partial charge < -0.3 is 10.1 Å². The lowest BCUT2D eigenvalue weighted by Gasteiger charge is -2.28. The Kier molecular flexibility index (Phi) is 4.14. The van der Waals surface area contributed by atoms with Crippen molar-refractivity contribution in [3.05, 3.63) is 12.7 Å². The van der Waals surface area contributed by atoms with Gasteiger partial charge in [-0.2, -0.15) is 0 Å². The van der Waals surface area contributed by atoms with Gasteiger partial charge in [-0.05, 0) is 26.2 Å². The Bertz CT molecular complexity index is 189. The summed E-state index contributed by atoms with van der Waals surface area (Å²) < 4.78 is 5.29. The lowest BCUT2D eigenvalue weighted by molar-refractivity contribution is 0.0828. The highest BCUT2D eigenvalue weighted by Crippen LogP contribution is 2.27. The van der Waals surface area contributed by atoms with E-state index >= 15 is 0 Å². The predicted molar refractivity (Wildman–Crippen MR) is 60.4 cm³/mol.